The number of hydrogen-bond acceptors (Lipinski definition) is 4. The van der Waals surface area contributed by atoms with Crippen molar-refractivity contribution in [3.05, 3.63) is 71.8 Å². The average molecular weight is 367 g/mol. The van der Waals surface area contributed by atoms with E-state index in [0.29, 0.717) is 18.9 Å². The first-order valence-electron chi connectivity index (χ1n) is 8.80. The average Bonchev–Trinajstić information content (AvgIpc) is 2.68. The van der Waals surface area contributed by atoms with Crippen LogP contribution in [0.1, 0.15) is 30.4 Å². The minimum atomic E-state index is -0.473. The van der Waals surface area contributed by atoms with Crippen molar-refractivity contribution in [1.82, 2.24) is 10.7 Å². The molecule has 0 fully saturated rings. The maximum absolute atomic E-state index is 12.8. The third kappa shape index (κ3) is 6.67. The fourth-order valence-electron chi connectivity index (χ4n) is 2.63. The highest BCUT2D eigenvalue weighted by molar-refractivity contribution is 6.00. The number of benzene rings is 2. The molecular formula is C21H25N3O3. The molecule has 2 amide bonds. The van der Waals surface area contributed by atoms with Gasteiger partial charge in [0.2, 0.25) is 5.91 Å². The highest BCUT2D eigenvalue weighted by atomic mass is 16.5. The van der Waals surface area contributed by atoms with Crippen LogP contribution in [0.4, 0.5) is 0 Å². The Kier molecular flexibility index (Phi) is 8.19. The summed E-state index contributed by atoms with van der Waals surface area (Å²) in [7, 11) is 1.57. The van der Waals surface area contributed by atoms with Gasteiger partial charge < -0.3 is 10.1 Å². The van der Waals surface area contributed by atoms with Crippen molar-refractivity contribution in [1.29, 1.82) is 0 Å². The summed E-state index contributed by atoms with van der Waals surface area (Å²) >= 11 is 0. The van der Waals surface area contributed by atoms with Crippen molar-refractivity contribution in [3.63, 3.8) is 0 Å². The molecule has 0 saturated heterocycles. The van der Waals surface area contributed by atoms with Gasteiger partial charge in [-0.3, -0.25) is 9.59 Å². The van der Waals surface area contributed by atoms with Gasteiger partial charge in [0.15, 0.2) is 0 Å². The Morgan fingerprint density at radius 1 is 1.00 bits per heavy atom. The summed E-state index contributed by atoms with van der Waals surface area (Å²) in [6.45, 7) is 2.60. The molecule has 0 heterocycles. The van der Waals surface area contributed by atoms with Crippen molar-refractivity contribution in [2.75, 3.05) is 20.3 Å². The molecule has 2 aromatic rings. The lowest BCUT2D eigenvalue weighted by Gasteiger charge is -2.16. The number of carbonyl (C=O) groups excluding carboxylic acids is 2. The van der Waals surface area contributed by atoms with E-state index in [2.05, 4.69) is 15.8 Å². The van der Waals surface area contributed by atoms with Crippen LogP contribution in [0.3, 0.4) is 0 Å². The predicted molar refractivity (Wildman–Crippen MR) is 105 cm³/mol. The molecule has 0 atom stereocenters. The van der Waals surface area contributed by atoms with E-state index in [1.165, 1.54) is 0 Å². The topological polar surface area (TPSA) is 79.8 Å². The number of rotatable bonds is 9. The second kappa shape index (κ2) is 10.9. The van der Waals surface area contributed by atoms with Crippen LogP contribution in [-0.4, -0.2) is 37.8 Å². The van der Waals surface area contributed by atoms with Crippen LogP contribution in [0.2, 0.25) is 0 Å². The number of carbonyl (C=O) groups is 2. The standard InChI is InChI=1S/C21H25N3O3/c1-16(15-19(25)22-13-14-27-2)23-24-21(26)20(17-9-5-3-6-10-17)18-11-7-4-8-12-18/h3-12,20H,13-15H2,1-2H3,(H,22,25)(H,24,26)/b23-16-. The Hall–Kier alpha value is -2.99. The van der Waals surface area contributed by atoms with Gasteiger partial charge in [-0.25, -0.2) is 5.43 Å². The lowest BCUT2D eigenvalue weighted by molar-refractivity contribution is -0.122. The molecule has 0 aliphatic heterocycles. The maximum Gasteiger partial charge on any atom is 0.252 e. The van der Waals surface area contributed by atoms with E-state index < -0.39 is 5.92 Å². The largest absolute Gasteiger partial charge is 0.383 e. The van der Waals surface area contributed by atoms with Gasteiger partial charge in [-0.1, -0.05) is 60.7 Å². The van der Waals surface area contributed by atoms with Crippen molar-refractivity contribution in [2.24, 2.45) is 5.10 Å². The van der Waals surface area contributed by atoms with E-state index in [1.54, 1.807) is 14.0 Å². The summed E-state index contributed by atoms with van der Waals surface area (Å²) in [6, 6.07) is 19.1. The van der Waals surface area contributed by atoms with Gasteiger partial charge in [0.25, 0.3) is 5.91 Å². The van der Waals surface area contributed by atoms with Gasteiger partial charge in [-0.05, 0) is 18.1 Å². The number of nitrogens with one attached hydrogen (secondary N) is 2. The van der Waals surface area contributed by atoms with Gasteiger partial charge in [-0.2, -0.15) is 5.10 Å². The molecule has 0 aliphatic carbocycles. The van der Waals surface area contributed by atoms with E-state index in [4.69, 9.17) is 4.74 Å². The number of hydrazone groups is 1. The van der Waals surface area contributed by atoms with Gasteiger partial charge in [0.05, 0.1) is 18.9 Å². The van der Waals surface area contributed by atoms with Crippen LogP contribution >= 0.6 is 0 Å². The van der Waals surface area contributed by atoms with E-state index in [0.717, 1.165) is 11.1 Å². The SMILES string of the molecule is COCCNC(=O)C/C(C)=N\NC(=O)C(c1ccccc1)c1ccccc1. The van der Waals surface area contributed by atoms with E-state index in [-0.39, 0.29) is 18.2 Å². The van der Waals surface area contributed by atoms with E-state index in [9.17, 15) is 9.59 Å². The molecule has 27 heavy (non-hydrogen) atoms. The van der Waals surface area contributed by atoms with Gasteiger partial charge in [0.1, 0.15) is 0 Å². The number of hydrogen-bond donors (Lipinski definition) is 2. The Morgan fingerprint density at radius 3 is 2.07 bits per heavy atom. The molecule has 0 saturated carbocycles. The quantitative estimate of drug-likeness (QED) is 0.406. The summed E-state index contributed by atoms with van der Waals surface area (Å²) in [5.74, 6) is -0.878. The van der Waals surface area contributed by atoms with Crippen molar-refractivity contribution in [3.8, 4) is 0 Å². The molecule has 2 N–H and O–H groups in total. The van der Waals surface area contributed by atoms with Gasteiger partial charge in [0, 0.05) is 19.4 Å². The zero-order chi connectivity index (χ0) is 19.5. The van der Waals surface area contributed by atoms with Crippen LogP contribution in [0.25, 0.3) is 0 Å². The fraction of sp³-hybridized carbons (Fsp3) is 0.286. The Morgan fingerprint density at radius 2 is 1.56 bits per heavy atom. The molecule has 2 aromatic carbocycles. The van der Waals surface area contributed by atoms with Crippen LogP contribution < -0.4 is 10.7 Å². The summed E-state index contributed by atoms with van der Waals surface area (Å²) in [5, 5.41) is 6.81. The molecule has 0 radical (unpaired) electrons. The first-order valence-corrected chi connectivity index (χ1v) is 8.80. The maximum atomic E-state index is 12.8. The smallest absolute Gasteiger partial charge is 0.252 e. The second-order valence-electron chi connectivity index (χ2n) is 6.10. The van der Waals surface area contributed by atoms with Crippen molar-refractivity contribution in [2.45, 2.75) is 19.3 Å². The fourth-order valence-corrected chi connectivity index (χ4v) is 2.63. The van der Waals surface area contributed by atoms with Gasteiger partial charge in [-0.15, -0.1) is 0 Å². The minimum Gasteiger partial charge on any atom is -0.383 e. The monoisotopic (exact) mass is 367 g/mol. The molecule has 0 aromatic heterocycles. The first kappa shape index (κ1) is 20.3. The number of nitrogens with zero attached hydrogens (tertiary/aromatic N) is 1. The second-order valence-corrected chi connectivity index (χ2v) is 6.10. The molecule has 6 nitrogen and oxygen atoms in total. The van der Waals surface area contributed by atoms with E-state index >= 15 is 0 Å². The normalized spacial score (nSPS) is 11.3. The van der Waals surface area contributed by atoms with Crippen LogP contribution in [-0.2, 0) is 14.3 Å². The summed E-state index contributed by atoms with van der Waals surface area (Å²) in [4.78, 5) is 24.6. The Balaban J connectivity index is 2.05. The zero-order valence-electron chi connectivity index (χ0n) is 15.6. The molecule has 2 rings (SSSR count). The number of amides is 2. The summed E-state index contributed by atoms with van der Waals surface area (Å²) in [5.41, 5.74) is 4.88. The van der Waals surface area contributed by atoms with Crippen LogP contribution in [0, 0.1) is 0 Å². The lowest BCUT2D eigenvalue weighted by Crippen LogP contribution is -2.30. The first-order chi connectivity index (χ1) is 13.1. The highest BCUT2D eigenvalue weighted by Gasteiger charge is 2.22. The van der Waals surface area contributed by atoms with Crippen LogP contribution in [0.5, 0.6) is 0 Å². The van der Waals surface area contributed by atoms with E-state index in [1.807, 2.05) is 60.7 Å². The highest BCUT2D eigenvalue weighted by Crippen LogP contribution is 2.24. The Labute approximate surface area is 159 Å². The predicted octanol–water partition coefficient (Wildman–Crippen LogP) is 2.46. The number of ether oxygens (including phenoxy) is 1. The van der Waals surface area contributed by atoms with Gasteiger partial charge >= 0.3 is 0 Å². The minimum absolute atomic E-state index is 0.116. The molecular weight excluding hydrogens is 342 g/mol. The third-order valence-electron chi connectivity index (χ3n) is 3.93. The molecule has 142 valence electrons. The zero-order valence-corrected chi connectivity index (χ0v) is 15.6. The third-order valence-corrected chi connectivity index (χ3v) is 3.93. The molecule has 0 spiro atoms. The molecule has 0 aliphatic rings. The summed E-state index contributed by atoms with van der Waals surface area (Å²) < 4.78 is 4.88. The lowest BCUT2D eigenvalue weighted by atomic mass is 9.91. The molecule has 0 unspecified atom stereocenters. The van der Waals surface area contributed by atoms with Crippen LogP contribution in [0.15, 0.2) is 65.8 Å². The van der Waals surface area contributed by atoms with Crippen molar-refractivity contribution >= 4 is 17.5 Å². The molecule has 0 bridgehead atoms. The number of methoxy groups -OCH3 is 1. The summed E-state index contributed by atoms with van der Waals surface area (Å²) in [6.07, 6.45) is 0.116. The van der Waals surface area contributed by atoms with Crippen molar-refractivity contribution < 1.29 is 14.3 Å². The molecule has 6 heteroatoms. The Bertz CT molecular complexity index is 721.